The van der Waals surface area contributed by atoms with E-state index in [-0.39, 0.29) is 12.6 Å². The monoisotopic (exact) mass is 288 g/mol. The van der Waals surface area contributed by atoms with Crippen molar-refractivity contribution in [1.82, 2.24) is 0 Å². The van der Waals surface area contributed by atoms with Crippen molar-refractivity contribution in [3.05, 3.63) is 34.9 Å². The molecule has 4 nitrogen and oxygen atoms in total. The van der Waals surface area contributed by atoms with Gasteiger partial charge >= 0.3 is 0 Å². The lowest BCUT2D eigenvalue weighted by molar-refractivity contribution is -0.696. The Hall–Kier alpha value is -0.650. The highest BCUT2D eigenvalue weighted by molar-refractivity contribution is 6.30. The fourth-order valence-electron chi connectivity index (χ4n) is 1.68. The summed E-state index contributed by atoms with van der Waals surface area (Å²) in [6, 6.07) is 7.60. The molecule has 0 saturated carbocycles. The smallest absolute Gasteiger partial charge is 0.126 e. The standard InChI is InChI=1S/C14H22ClNO3/c1-2-13(8-17)16-7-14(18)10-19-9-11-3-5-12(15)6-4-11/h3-6,13-14,16-18H,2,7-10H2,1H3/p+1/t13-,14-/m0/s1. The predicted molar refractivity (Wildman–Crippen MR) is 75.1 cm³/mol. The zero-order chi connectivity index (χ0) is 14.1. The van der Waals surface area contributed by atoms with E-state index >= 15 is 0 Å². The van der Waals surface area contributed by atoms with Crippen LogP contribution in [0.1, 0.15) is 18.9 Å². The van der Waals surface area contributed by atoms with Gasteiger partial charge in [-0.05, 0) is 24.1 Å². The van der Waals surface area contributed by atoms with Crippen molar-refractivity contribution >= 4 is 11.6 Å². The van der Waals surface area contributed by atoms with E-state index in [0.717, 1.165) is 12.0 Å². The van der Waals surface area contributed by atoms with E-state index in [4.69, 9.17) is 21.4 Å². The van der Waals surface area contributed by atoms with Crippen LogP contribution >= 0.6 is 11.6 Å². The molecule has 2 atom stereocenters. The highest BCUT2D eigenvalue weighted by atomic mass is 35.5. The van der Waals surface area contributed by atoms with Crippen molar-refractivity contribution in [2.24, 2.45) is 0 Å². The quantitative estimate of drug-likeness (QED) is 0.622. The summed E-state index contributed by atoms with van der Waals surface area (Å²) in [5.41, 5.74) is 1.03. The molecule has 0 spiro atoms. The van der Waals surface area contributed by atoms with E-state index in [9.17, 15) is 5.11 Å². The number of aliphatic hydroxyl groups excluding tert-OH is 2. The molecule has 0 aliphatic carbocycles. The molecular weight excluding hydrogens is 266 g/mol. The van der Waals surface area contributed by atoms with Gasteiger partial charge in [0.15, 0.2) is 0 Å². The molecule has 4 N–H and O–H groups in total. The lowest BCUT2D eigenvalue weighted by Gasteiger charge is -2.14. The van der Waals surface area contributed by atoms with E-state index in [1.807, 2.05) is 36.5 Å². The first-order valence-corrected chi connectivity index (χ1v) is 6.98. The van der Waals surface area contributed by atoms with Crippen LogP contribution in [0.15, 0.2) is 24.3 Å². The molecule has 108 valence electrons. The van der Waals surface area contributed by atoms with E-state index in [0.29, 0.717) is 24.8 Å². The first kappa shape index (κ1) is 16.4. The van der Waals surface area contributed by atoms with Gasteiger partial charge in [0.1, 0.15) is 18.7 Å². The minimum Gasteiger partial charge on any atom is -0.390 e. The second-order valence-corrected chi connectivity index (χ2v) is 5.05. The second-order valence-electron chi connectivity index (χ2n) is 4.62. The van der Waals surface area contributed by atoms with Crippen molar-refractivity contribution in [2.75, 3.05) is 19.8 Å². The molecule has 0 aliphatic heterocycles. The van der Waals surface area contributed by atoms with Crippen LogP contribution in [0.2, 0.25) is 5.02 Å². The third-order valence-electron chi connectivity index (χ3n) is 2.99. The topological polar surface area (TPSA) is 66.3 Å². The Labute approximate surface area is 119 Å². The van der Waals surface area contributed by atoms with Crippen LogP contribution in [0.5, 0.6) is 0 Å². The van der Waals surface area contributed by atoms with Crippen molar-refractivity contribution < 1.29 is 20.3 Å². The number of ether oxygens (including phenoxy) is 1. The third-order valence-corrected chi connectivity index (χ3v) is 3.24. The van der Waals surface area contributed by atoms with Crippen molar-refractivity contribution in [2.45, 2.75) is 32.1 Å². The number of benzene rings is 1. The van der Waals surface area contributed by atoms with E-state index in [1.165, 1.54) is 0 Å². The molecule has 0 aromatic heterocycles. The van der Waals surface area contributed by atoms with Crippen LogP contribution in [-0.4, -0.2) is 42.1 Å². The van der Waals surface area contributed by atoms with Gasteiger partial charge in [-0.15, -0.1) is 0 Å². The molecule has 0 fully saturated rings. The Morgan fingerprint density at radius 3 is 2.58 bits per heavy atom. The molecule has 1 aromatic carbocycles. The summed E-state index contributed by atoms with van der Waals surface area (Å²) >= 11 is 5.79. The van der Waals surface area contributed by atoms with Gasteiger partial charge < -0.3 is 20.3 Å². The number of halogens is 1. The molecule has 0 aliphatic rings. The lowest BCUT2D eigenvalue weighted by atomic mass is 10.2. The maximum Gasteiger partial charge on any atom is 0.126 e. The maximum absolute atomic E-state index is 9.75. The summed E-state index contributed by atoms with van der Waals surface area (Å²) in [4.78, 5) is 0. The Morgan fingerprint density at radius 1 is 1.32 bits per heavy atom. The van der Waals surface area contributed by atoms with E-state index in [2.05, 4.69) is 0 Å². The Bertz CT molecular complexity index is 341. The minimum atomic E-state index is -0.520. The lowest BCUT2D eigenvalue weighted by Crippen LogP contribution is -2.92. The summed E-state index contributed by atoms with van der Waals surface area (Å²) in [7, 11) is 0. The Kier molecular flexibility index (Phi) is 8.02. The van der Waals surface area contributed by atoms with Crippen LogP contribution in [0.25, 0.3) is 0 Å². The molecule has 1 rings (SSSR count). The molecule has 5 heteroatoms. The van der Waals surface area contributed by atoms with Gasteiger partial charge in [0.25, 0.3) is 0 Å². The Balaban J connectivity index is 2.16. The van der Waals surface area contributed by atoms with E-state index in [1.54, 1.807) is 0 Å². The molecule has 19 heavy (non-hydrogen) atoms. The van der Waals surface area contributed by atoms with Gasteiger partial charge in [-0.3, -0.25) is 0 Å². The number of hydrogen-bond donors (Lipinski definition) is 3. The van der Waals surface area contributed by atoms with Crippen LogP contribution in [0.3, 0.4) is 0 Å². The summed E-state index contributed by atoms with van der Waals surface area (Å²) < 4.78 is 5.45. The Morgan fingerprint density at radius 2 is 2.00 bits per heavy atom. The average molecular weight is 289 g/mol. The molecule has 0 saturated heterocycles. The summed E-state index contributed by atoms with van der Waals surface area (Å²) in [6.45, 7) is 3.45. The van der Waals surface area contributed by atoms with Crippen molar-refractivity contribution in [3.8, 4) is 0 Å². The number of aliphatic hydroxyl groups is 2. The van der Waals surface area contributed by atoms with E-state index < -0.39 is 6.10 Å². The average Bonchev–Trinajstić information content (AvgIpc) is 2.42. The first-order chi connectivity index (χ1) is 9.15. The van der Waals surface area contributed by atoms with Gasteiger partial charge in [-0.1, -0.05) is 30.7 Å². The third kappa shape index (κ3) is 6.89. The summed E-state index contributed by atoms with van der Waals surface area (Å²) in [5, 5.41) is 21.4. The molecule has 0 unspecified atom stereocenters. The summed E-state index contributed by atoms with van der Waals surface area (Å²) in [5.74, 6) is 0. The maximum atomic E-state index is 9.75. The molecule has 0 bridgehead atoms. The number of quaternary nitrogens is 1. The van der Waals surface area contributed by atoms with Crippen LogP contribution in [0.4, 0.5) is 0 Å². The molecule has 1 aromatic rings. The normalized spacial score (nSPS) is 14.3. The number of rotatable bonds is 9. The van der Waals surface area contributed by atoms with Crippen LogP contribution < -0.4 is 5.32 Å². The molecular formula is C14H23ClNO3+. The minimum absolute atomic E-state index is 0.134. The SMILES string of the molecule is CC[C@@H](CO)[NH2+]C[C@H](O)COCc1ccc(Cl)cc1. The fourth-order valence-corrected chi connectivity index (χ4v) is 1.81. The fraction of sp³-hybridized carbons (Fsp3) is 0.571. The zero-order valence-corrected chi connectivity index (χ0v) is 12.0. The molecule has 0 radical (unpaired) electrons. The number of hydrogen-bond acceptors (Lipinski definition) is 3. The second kappa shape index (κ2) is 9.28. The molecule has 0 heterocycles. The van der Waals surface area contributed by atoms with Crippen LogP contribution in [0, 0.1) is 0 Å². The van der Waals surface area contributed by atoms with Gasteiger partial charge in [0.05, 0.1) is 19.8 Å². The van der Waals surface area contributed by atoms with Gasteiger partial charge in [-0.25, -0.2) is 0 Å². The predicted octanol–water partition coefficient (Wildman–Crippen LogP) is 0.552. The highest BCUT2D eigenvalue weighted by Crippen LogP contribution is 2.10. The van der Waals surface area contributed by atoms with Gasteiger partial charge in [0, 0.05) is 5.02 Å². The van der Waals surface area contributed by atoms with Gasteiger partial charge in [0.2, 0.25) is 0 Å². The van der Waals surface area contributed by atoms with Crippen molar-refractivity contribution in [3.63, 3.8) is 0 Å². The molecule has 0 amide bonds. The highest BCUT2D eigenvalue weighted by Gasteiger charge is 2.12. The number of nitrogens with two attached hydrogens (primary N) is 1. The zero-order valence-electron chi connectivity index (χ0n) is 11.3. The van der Waals surface area contributed by atoms with Gasteiger partial charge in [-0.2, -0.15) is 0 Å². The first-order valence-electron chi connectivity index (χ1n) is 6.60. The van der Waals surface area contributed by atoms with Crippen LogP contribution in [-0.2, 0) is 11.3 Å². The van der Waals surface area contributed by atoms with Crippen molar-refractivity contribution in [1.29, 1.82) is 0 Å². The largest absolute Gasteiger partial charge is 0.390 e. The summed E-state index contributed by atoms with van der Waals surface area (Å²) in [6.07, 6.45) is 0.363.